The molecule has 0 aromatic carbocycles. The fourth-order valence-electron chi connectivity index (χ4n) is 0.632. The lowest BCUT2D eigenvalue weighted by molar-refractivity contribution is -0.140. The molecule has 0 fully saturated rings. The maximum atomic E-state index is 12.0. The molecule has 7 heteroatoms. The molecule has 0 saturated heterocycles. The lowest BCUT2D eigenvalue weighted by atomic mass is 10.3. The van der Waals surface area contributed by atoms with E-state index in [1.54, 1.807) is 0 Å². The highest BCUT2D eigenvalue weighted by Gasteiger charge is 2.35. The molecule has 0 radical (unpaired) electrons. The lowest BCUT2D eigenvalue weighted by Crippen LogP contribution is -2.13. The first-order valence-electron chi connectivity index (χ1n) is 2.86. The van der Waals surface area contributed by atoms with Crippen LogP contribution < -0.4 is 11.5 Å². The molecule has 0 spiro atoms. The molecule has 1 aromatic rings. The predicted octanol–water partition coefficient (Wildman–Crippen LogP) is 0.660. The van der Waals surface area contributed by atoms with Crippen LogP contribution in [0.1, 0.15) is 5.69 Å². The molecule has 0 atom stereocenters. The third-order valence-corrected chi connectivity index (χ3v) is 1.10. The molecule has 0 aliphatic heterocycles. The van der Waals surface area contributed by atoms with Gasteiger partial charge in [0.25, 0.3) is 0 Å². The van der Waals surface area contributed by atoms with E-state index in [1.165, 1.54) is 0 Å². The number of anilines is 2. The number of hydrogen-bond acceptors (Lipinski definition) is 4. The third kappa shape index (κ3) is 1.55. The summed E-state index contributed by atoms with van der Waals surface area (Å²) in [5.74, 6) is -0.448. The summed E-state index contributed by atoms with van der Waals surface area (Å²) in [7, 11) is 0. The van der Waals surface area contributed by atoms with Crippen molar-refractivity contribution >= 4 is 11.6 Å². The Balaban J connectivity index is 3.23. The topological polar surface area (TPSA) is 77.8 Å². The van der Waals surface area contributed by atoms with Gasteiger partial charge in [-0.3, -0.25) is 0 Å². The van der Waals surface area contributed by atoms with E-state index in [0.29, 0.717) is 0 Å². The molecule has 66 valence electrons. The largest absolute Gasteiger partial charge is 0.435 e. The maximum absolute atomic E-state index is 12.0. The molecule has 4 nitrogen and oxygen atoms in total. The molecule has 0 aliphatic carbocycles. The molecular formula is C5H5F3N4. The number of aromatic nitrogens is 2. The second kappa shape index (κ2) is 2.50. The van der Waals surface area contributed by atoms with Gasteiger partial charge in [-0.2, -0.15) is 13.2 Å². The molecule has 0 bridgehead atoms. The highest BCUT2D eigenvalue weighted by molar-refractivity contribution is 5.44. The van der Waals surface area contributed by atoms with Crippen molar-refractivity contribution in [2.45, 2.75) is 6.18 Å². The minimum absolute atomic E-state index is 0.448. The minimum atomic E-state index is -4.58. The molecule has 1 rings (SSSR count). The normalized spacial score (nSPS) is 11.6. The lowest BCUT2D eigenvalue weighted by Gasteiger charge is -2.07. The second-order valence-electron chi connectivity index (χ2n) is 2.03. The van der Waals surface area contributed by atoms with Crippen molar-refractivity contribution in [3.05, 3.63) is 11.9 Å². The zero-order chi connectivity index (χ0) is 9.35. The number of alkyl halides is 3. The summed E-state index contributed by atoms with van der Waals surface area (Å²) in [4.78, 5) is 6.26. The van der Waals surface area contributed by atoms with Gasteiger partial charge < -0.3 is 11.5 Å². The fraction of sp³-hybridized carbons (Fsp3) is 0.200. The Kier molecular flexibility index (Phi) is 1.79. The molecule has 4 N–H and O–H groups in total. The monoisotopic (exact) mass is 178 g/mol. The highest BCUT2D eigenvalue weighted by Crippen LogP contribution is 2.31. The van der Waals surface area contributed by atoms with Crippen molar-refractivity contribution < 1.29 is 13.2 Å². The number of hydrogen-bond donors (Lipinski definition) is 2. The van der Waals surface area contributed by atoms with E-state index in [1.807, 2.05) is 0 Å². The van der Waals surface area contributed by atoms with Gasteiger partial charge in [0, 0.05) is 0 Å². The maximum Gasteiger partial charge on any atom is 0.435 e. The Labute approximate surface area is 65.4 Å². The summed E-state index contributed by atoms with van der Waals surface area (Å²) in [5.41, 5.74) is 8.19. The van der Waals surface area contributed by atoms with Crippen LogP contribution in [0.15, 0.2) is 6.20 Å². The van der Waals surface area contributed by atoms with Crippen molar-refractivity contribution in [2.75, 3.05) is 11.5 Å². The quantitative estimate of drug-likeness (QED) is 0.611. The van der Waals surface area contributed by atoms with Gasteiger partial charge in [-0.1, -0.05) is 0 Å². The minimum Gasteiger partial charge on any atom is -0.396 e. The fourth-order valence-corrected chi connectivity index (χ4v) is 0.632. The van der Waals surface area contributed by atoms with Gasteiger partial charge in [-0.15, -0.1) is 0 Å². The predicted molar refractivity (Wildman–Crippen MR) is 35.9 cm³/mol. The van der Waals surface area contributed by atoms with E-state index in [4.69, 9.17) is 11.5 Å². The van der Waals surface area contributed by atoms with Crippen LogP contribution >= 0.6 is 0 Å². The average Bonchev–Trinajstić information content (AvgIpc) is 1.92. The van der Waals surface area contributed by atoms with Crippen molar-refractivity contribution in [3.8, 4) is 0 Å². The van der Waals surface area contributed by atoms with Gasteiger partial charge in [-0.25, -0.2) is 9.97 Å². The van der Waals surface area contributed by atoms with Gasteiger partial charge in [0.1, 0.15) is 0 Å². The Morgan fingerprint density at radius 1 is 1.25 bits per heavy atom. The number of nitrogen functional groups attached to an aromatic ring is 2. The van der Waals surface area contributed by atoms with Crippen LogP contribution in [0.4, 0.5) is 24.8 Å². The third-order valence-electron chi connectivity index (χ3n) is 1.10. The number of rotatable bonds is 0. The van der Waals surface area contributed by atoms with Crippen LogP contribution in [0.2, 0.25) is 0 Å². The highest BCUT2D eigenvalue weighted by atomic mass is 19.4. The van der Waals surface area contributed by atoms with Crippen molar-refractivity contribution in [3.63, 3.8) is 0 Å². The summed E-state index contributed by atoms with van der Waals surface area (Å²) >= 11 is 0. The van der Waals surface area contributed by atoms with Gasteiger partial charge in [0.05, 0.1) is 11.9 Å². The van der Waals surface area contributed by atoms with E-state index in [0.717, 1.165) is 6.20 Å². The summed E-state index contributed by atoms with van der Waals surface area (Å²) in [6.07, 6.45) is -3.76. The number of halogens is 3. The molecule has 0 aliphatic rings. The summed E-state index contributed by atoms with van der Waals surface area (Å²) < 4.78 is 36.0. The zero-order valence-corrected chi connectivity index (χ0v) is 5.76. The van der Waals surface area contributed by atoms with Crippen LogP contribution in [0.5, 0.6) is 0 Å². The van der Waals surface area contributed by atoms with Gasteiger partial charge in [0.2, 0.25) is 5.95 Å². The van der Waals surface area contributed by atoms with Crippen LogP contribution in [0, 0.1) is 0 Å². The first-order chi connectivity index (χ1) is 5.41. The standard InChI is InChI=1S/C5H5F3N4/c6-5(7,8)3-2(9)1-11-4(10)12-3/h1H,9H2,(H2,10,11,12). The van der Waals surface area contributed by atoms with E-state index in [9.17, 15) is 13.2 Å². The van der Waals surface area contributed by atoms with E-state index >= 15 is 0 Å². The Bertz CT molecular complexity index is 295. The average molecular weight is 178 g/mol. The molecule has 1 aromatic heterocycles. The van der Waals surface area contributed by atoms with Crippen molar-refractivity contribution in [1.29, 1.82) is 0 Å². The summed E-state index contributed by atoms with van der Waals surface area (Å²) in [6.45, 7) is 0. The molecule has 0 saturated carbocycles. The smallest absolute Gasteiger partial charge is 0.396 e. The van der Waals surface area contributed by atoms with Crippen molar-refractivity contribution in [1.82, 2.24) is 9.97 Å². The Hall–Kier alpha value is -1.53. The second-order valence-corrected chi connectivity index (χ2v) is 2.03. The van der Waals surface area contributed by atoms with Gasteiger partial charge in [-0.05, 0) is 0 Å². The molecule has 0 unspecified atom stereocenters. The Morgan fingerprint density at radius 3 is 2.25 bits per heavy atom. The van der Waals surface area contributed by atoms with E-state index in [-0.39, 0.29) is 0 Å². The van der Waals surface area contributed by atoms with Crippen LogP contribution in [-0.2, 0) is 6.18 Å². The van der Waals surface area contributed by atoms with Crippen LogP contribution in [-0.4, -0.2) is 9.97 Å². The summed E-state index contributed by atoms with van der Waals surface area (Å²) in [6, 6.07) is 0. The first-order valence-corrected chi connectivity index (χ1v) is 2.86. The Morgan fingerprint density at radius 2 is 1.83 bits per heavy atom. The summed E-state index contributed by atoms with van der Waals surface area (Å²) in [5, 5.41) is 0. The van der Waals surface area contributed by atoms with E-state index in [2.05, 4.69) is 9.97 Å². The number of nitrogens with zero attached hydrogens (tertiary/aromatic N) is 2. The van der Waals surface area contributed by atoms with Crippen LogP contribution in [0.25, 0.3) is 0 Å². The molecule has 1 heterocycles. The van der Waals surface area contributed by atoms with Gasteiger partial charge >= 0.3 is 6.18 Å². The molecular weight excluding hydrogens is 173 g/mol. The van der Waals surface area contributed by atoms with Crippen LogP contribution in [0.3, 0.4) is 0 Å². The number of nitrogens with two attached hydrogens (primary N) is 2. The zero-order valence-electron chi connectivity index (χ0n) is 5.76. The SMILES string of the molecule is Nc1ncc(N)c(C(F)(F)F)n1. The molecule has 12 heavy (non-hydrogen) atoms. The van der Waals surface area contributed by atoms with E-state index < -0.39 is 23.5 Å². The first kappa shape index (κ1) is 8.57. The van der Waals surface area contributed by atoms with Gasteiger partial charge in [0.15, 0.2) is 5.69 Å². The molecule has 0 amide bonds. The van der Waals surface area contributed by atoms with Crippen molar-refractivity contribution in [2.24, 2.45) is 0 Å².